The zero-order valence-electron chi connectivity index (χ0n) is 12.0. The predicted octanol–water partition coefficient (Wildman–Crippen LogP) is 3.47. The van der Waals surface area contributed by atoms with E-state index in [9.17, 15) is 4.79 Å². The van der Waals surface area contributed by atoms with Crippen molar-refractivity contribution in [2.75, 3.05) is 11.1 Å². The normalized spacial score (nSPS) is 10.9. The maximum Gasteiger partial charge on any atom is 0.253 e. The molecule has 3 rings (SSSR count). The number of nitrogens with zero attached hydrogens (tertiary/aromatic N) is 4. The van der Waals surface area contributed by atoms with E-state index >= 15 is 0 Å². The van der Waals surface area contributed by atoms with Gasteiger partial charge in [0.2, 0.25) is 5.91 Å². The molecule has 1 N–H and O–H groups in total. The second-order valence-electron chi connectivity index (χ2n) is 4.67. The molecule has 0 aliphatic rings. The number of hydrogen-bond acceptors (Lipinski definition) is 5. The number of carbonyl (C=O) groups excluding carboxylic acids is 1. The summed E-state index contributed by atoms with van der Waals surface area (Å²) in [5, 5.41) is 8.56. The first-order valence-corrected chi connectivity index (χ1v) is 8.32. The Morgan fingerprint density at radius 1 is 1.35 bits per heavy atom. The molecule has 1 aromatic carbocycles. The molecule has 2 heterocycles. The standard InChI is InChI=1S/C14H11Cl2N5OS/c1-8-4-13(21-14(19-8)17-7-18-21)23-6-12(22)20-11-3-2-9(15)5-10(11)16/h2-5,7H,6H2,1H3,(H,20,22). The molecule has 0 aliphatic heterocycles. The van der Waals surface area contributed by atoms with Crippen LogP contribution in [0.5, 0.6) is 0 Å². The summed E-state index contributed by atoms with van der Waals surface area (Å²) in [6.45, 7) is 1.87. The highest BCUT2D eigenvalue weighted by Crippen LogP contribution is 2.26. The van der Waals surface area contributed by atoms with Gasteiger partial charge in [-0.2, -0.15) is 14.6 Å². The molecular weight excluding hydrogens is 357 g/mol. The molecule has 118 valence electrons. The van der Waals surface area contributed by atoms with Gasteiger partial charge in [-0.1, -0.05) is 35.0 Å². The number of aryl methyl sites for hydroxylation is 1. The predicted molar refractivity (Wildman–Crippen MR) is 91.3 cm³/mol. The van der Waals surface area contributed by atoms with E-state index in [-0.39, 0.29) is 11.7 Å². The zero-order valence-corrected chi connectivity index (χ0v) is 14.3. The first-order valence-electron chi connectivity index (χ1n) is 6.58. The number of halogens is 2. The molecule has 23 heavy (non-hydrogen) atoms. The van der Waals surface area contributed by atoms with Gasteiger partial charge in [-0.05, 0) is 31.2 Å². The monoisotopic (exact) mass is 367 g/mol. The van der Waals surface area contributed by atoms with Crippen LogP contribution in [0.1, 0.15) is 5.69 Å². The number of amides is 1. The van der Waals surface area contributed by atoms with Crippen molar-refractivity contribution < 1.29 is 4.79 Å². The second kappa shape index (κ2) is 6.74. The molecule has 3 aromatic rings. The van der Waals surface area contributed by atoms with Gasteiger partial charge in [0.05, 0.1) is 16.5 Å². The molecular formula is C14H11Cl2N5OS. The van der Waals surface area contributed by atoms with Crippen molar-refractivity contribution in [2.24, 2.45) is 0 Å². The maximum absolute atomic E-state index is 12.1. The van der Waals surface area contributed by atoms with Crippen molar-refractivity contribution in [1.82, 2.24) is 19.6 Å². The quantitative estimate of drug-likeness (QED) is 0.564. The number of rotatable bonds is 4. The Balaban J connectivity index is 1.69. The first-order chi connectivity index (χ1) is 11.0. The van der Waals surface area contributed by atoms with Crippen LogP contribution in [0.3, 0.4) is 0 Å². The topological polar surface area (TPSA) is 72.2 Å². The van der Waals surface area contributed by atoms with Crippen molar-refractivity contribution >= 4 is 52.3 Å². The van der Waals surface area contributed by atoms with E-state index in [0.29, 0.717) is 21.5 Å². The van der Waals surface area contributed by atoms with Crippen molar-refractivity contribution in [2.45, 2.75) is 11.9 Å². The summed E-state index contributed by atoms with van der Waals surface area (Å²) in [6, 6.07) is 6.77. The summed E-state index contributed by atoms with van der Waals surface area (Å²) >= 11 is 13.2. The number of anilines is 1. The van der Waals surface area contributed by atoms with Crippen LogP contribution >= 0.6 is 35.0 Å². The summed E-state index contributed by atoms with van der Waals surface area (Å²) in [7, 11) is 0. The van der Waals surface area contributed by atoms with Gasteiger partial charge in [0, 0.05) is 10.7 Å². The van der Waals surface area contributed by atoms with Crippen LogP contribution < -0.4 is 5.32 Å². The summed E-state index contributed by atoms with van der Waals surface area (Å²) in [6.07, 6.45) is 1.43. The van der Waals surface area contributed by atoms with Gasteiger partial charge < -0.3 is 5.32 Å². The fourth-order valence-electron chi connectivity index (χ4n) is 1.92. The fourth-order valence-corrected chi connectivity index (χ4v) is 3.23. The lowest BCUT2D eigenvalue weighted by molar-refractivity contribution is -0.113. The van der Waals surface area contributed by atoms with Gasteiger partial charge in [-0.15, -0.1) is 0 Å². The molecule has 0 atom stereocenters. The van der Waals surface area contributed by atoms with Crippen LogP contribution in [0.4, 0.5) is 5.69 Å². The molecule has 0 fully saturated rings. The number of hydrogen-bond donors (Lipinski definition) is 1. The van der Waals surface area contributed by atoms with Gasteiger partial charge >= 0.3 is 0 Å². The number of fused-ring (bicyclic) bond motifs is 1. The lowest BCUT2D eigenvalue weighted by atomic mass is 10.3. The Hall–Kier alpha value is -1.83. The molecule has 9 heteroatoms. The third kappa shape index (κ3) is 3.74. The minimum Gasteiger partial charge on any atom is -0.324 e. The fraction of sp³-hybridized carbons (Fsp3) is 0.143. The van der Waals surface area contributed by atoms with Gasteiger partial charge in [-0.3, -0.25) is 4.79 Å². The van der Waals surface area contributed by atoms with Crippen LogP contribution in [0.25, 0.3) is 5.78 Å². The summed E-state index contributed by atoms with van der Waals surface area (Å²) < 4.78 is 1.60. The Morgan fingerprint density at radius 2 is 2.17 bits per heavy atom. The molecule has 6 nitrogen and oxygen atoms in total. The van der Waals surface area contributed by atoms with E-state index in [1.165, 1.54) is 18.1 Å². The van der Waals surface area contributed by atoms with Gasteiger partial charge in [0.25, 0.3) is 5.78 Å². The van der Waals surface area contributed by atoms with Crippen LogP contribution in [0, 0.1) is 6.92 Å². The van der Waals surface area contributed by atoms with Crippen LogP contribution in [-0.4, -0.2) is 31.2 Å². The Labute approximate surface area is 146 Å². The summed E-state index contributed by atoms with van der Waals surface area (Å²) in [5.41, 5.74) is 1.34. The van der Waals surface area contributed by atoms with Gasteiger partial charge in [-0.25, -0.2) is 4.98 Å². The maximum atomic E-state index is 12.1. The molecule has 1 amide bonds. The summed E-state index contributed by atoms with van der Waals surface area (Å²) in [4.78, 5) is 20.4. The van der Waals surface area contributed by atoms with E-state index in [4.69, 9.17) is 23.2 Å². The molecule has 0 bridgehead atoms. The van der Waals surface area contributed by atoms with E-state index < -0.39 is 0 Å². The molecule has 0 saturated heterocycles. The molecule has 0 spiro atoms. The molecule has 0 radical (unpaired) electrons. The number of thioether (sulfide) groups is 1. The average molecular weight is 368 g/mol. The van der Waals surface area contributed by atoms with E-state index in [1.54, 1.807) is 22.7 Å². The van der Waals surface area contributed by atoms with Crippen molar-refractivity contribution in [1.29, 1.82) is 0 Å². The molecule has 0 aliphatic carbocycles. The van der Waals surface area contributed by atoms with E-state index in [2.05, 4.69) is 20.4 Å². The summed E-state index contributed by atoms with van der Waals surface area (Å²) in [5.74, 6) is 0.535. The minimum absolute atomic E-state index is 0.179. The number of benzene rings is 1. The minimum atomic E-state index is -0.179. The zero-order chi connectivity index (χ0) is 16.4. The third-order valence-corrected chi connectivity index (χ3v) is 4.44. The van der Waals surface area contributed by atoms with E-state index in [0.717, 1.165) is 10.7 Å². The van der Waals surface area contributed by atoms with E-state index in [1.807, 2.05) is 13.0 Å². The average Bonchev–Trinajstić information content (AvgIpc) is 2.96. The SMILES string of the molecule is Cc1cc(SCC(=O)Nc2ccc(Cl)cc2Cl)n2ncnc2n1. The largest absolute Gasteiger partial charge is 0.324 e. The van der Waals surface area contributed by atoms with Gasteiger partial charge in [0.1, 0.15) is 11.4 Å². The smallest absolute Gasteiger partial charge is 0.253 e. The van der Waals surface area contributed by atoms with Crippen molar-refractivity contribution in [3.05, 3.63) is 46.3 Å². The van der Waals surface area contributed by atoms with Crippen LogP contribution in [0.15, 0.2) is 35.6 Å². The second-order valence-corrected chi connectivity index (χ2v) is 6.51. The Kier molecular flexibility index (Phi) is 4.70. The molecule has 0 unspecified atom stereocenters. The lowest BCUT2D eigenvalue weighted by Gasteiger charge is -2.08. The molecule has 2 aromatic heterocycles. The Bertz CT molecular complexity index is 883. The molecule has 0 saturated carbocycles. The highest BCUT2D eigenvalue weighted by molar-refractivity contribution is 7.99. The Morgan fingerprint density at radius 3 is 2.96 bits per heavy atom. The first kappa shape index (κ1) is 16.0. The number of aromatic nitrogens is 4. The third-order valence-electron chi connectivity index (χ3n) is 2.90. The highest BCUT2D eigenvalue weighted by atomic mass is 35.5. The van der Waals surface area contributed by atoms with Gasteiger partial charge in [0.15, 0.2) is 0 Å². The van der Waals surface area contributed by atoms with Crippen molar-refractivity contribution in [3.8, 4) is 0 Å². The highest BCUT2D eigenvalue weighted by Gasteiger charge is 2.10. The van der Waals surface area contributed by atoms with Crippen LogP contribution in [0.2, 0.25) is 10.0 Å². The number of carbonyl (C=O) groups is 1. The van der Waals surface area contributed by atoms with Crippen molar-refractivity contribution in [3.63, 3.8) is 0 Å². The lowest BCUT2D eigenvalue weighted by Crippen LogP contribution is -2.14. The van der Waals surface area contributed by atoms with Crippen LogP contribution in [-0.2, 0) is 4.79 Å². The number of nitrogens with one attached hydrogen (secondary N) is 1.